The molecule has 17 nitrogen and oxygen atoms in total. The minimum Gasteiger partial charge on any atom is -0.478 e. The van der Waals surface area contributed by atoms with Crippen LogP contribution in [0.3, 0.4) is 0 Å². The standard InChI is InChI=1S/C29H34N8O.2C4H4O4/c1-35-15-17-36(18-16-35)23-11-13-24(14-12-23)37-29-25(28(30)31-19-32-29)27(33-37)22-9-7-21(8-10-22)26(34-38)20-5-3-2-4-6-20;2*5-3(6)1-2-4(7)8/h2-10,19,23-24,38H,11-18H2,1H3,(H2,30,31,32);2*1-2H,(H,5,6)(H,7,8)/b;2*2-1-. The Balaban J connectivity index is 0.000000341. The molecule has 54 heavy (non-hydrogen) atoms. The molecule has 2 aromatic heterocycles. The normalized spacial score (nSPS) is 18.1. The Morgan fingerprint density at radius 3 is 1.72 bits per heavy atom. The molecule has 284 valence electrons. The average molecular weight is 743 g/mol. The van der Waals surface area contributed by atoms with E-state index in [1.807, 2.05) is 54.6 Å². The van der Waals surface area contributed by atoms with Crippen molar-refractivity contribution in [2.75, 3.05) is 39.0 Å². The number of piperazine rings is 1. The Morgan fingerprint density at radius 2 is 1.22 bits per heavy atom. The molecule has 4 aromatic rings. The quantitative estimate of drug-likeness (QED) is 0.0621. The van der Waals surface area contributed by atoms with Crippen molar-refractivity contribution in [2.24, 2.45) is 5.16 Å². The van der Waals surface area contributed by atoms with Crippen LogP contribution in [0.15, 0.2) is 90.4 Å². The van der Waals surface area contributed by atoms with Gasteiger partial charge in [-0.3, -0.25) is 4.90 Å². The smallest absolute Gasteiger partial charge is 0.328 e. The zero-order chi connectivity index (χ0) is 39.2. The molecular formula is C37H42N8O9. The highest BCUT2D eigenvalue weighted by Gasteiger charge is 2.30. The third-order valence-corrected chi connectivity index (χ3v) is 8.90. The lowest BCUT2D eigenvalue weighted by atomic mass is 9.90. The molecule has 0 amide bonds. The maximum Gasteiger partial charge on any atom is 0.328 e. The zero-order valence-electron chi connectivity index (χ0n) is 29.5. The van der Waals surface area contributed by atoms with E-state index in [0.717, 1.165) is 72.4 Å². The number of hydrogen-bond acceptors (Lipinski definition) is 12. The number of fused-ring (bicyclic) bond motifs is 1. The summed E-state index contributed by atoms with van der Waals surface area (Å²) >= 11 is 0. The van der Waals surface area contributed by atoms with Crippen molar-refractivity contribution < 1.29 is 44.8 Å². The number of carboxylic acids is 4. The molecule has 1 saturated carbocycles. The monoisotopic (exact) mass is 742 g/mol. The van der Waals surface area contributed by atoms with Crippen LogP contribution in [0.4, 0.5) is 5.82 Å². The maximum atomic E-state index is 9.69. The fraction of sp³-hybridized carbons (Fsp3) is 0.297. The minimum absolute atomic E-state index is 0.287. The Hall–Kier alpha value is -6.46. The molecule has 2 fully saturated rings. The van der Waals surface area contributed by atoms with E-state index in [1.54, 1.807) is 0 Å². The number of benzene rings is 2. The van der Waals surface area contributed by atoms with Gasteiger partial charge in [0.2, 0.25) is 0 Å². The van der Waals surface area contributed by atoms with Crippen molar-refractivity contribution in [3.8, 4) is 11.3 Å². The summed E-state index contributed by atoms with van der Waals surface area (Å²) in [6.45, 7) is 4.62. The van der Waals surface area contributed by atoms with E-state index in [1.165, 1.54) is 19.2 Å². The fourth-order valence-electron chi connectivity index (χ4n) is 6.26. The average Bonchev–Trinajstić information content (AvgIpc) is 3.56. The van der Waals surface area contributed by atoms with E-state index < -0.39 is 23.9 Å². The summed E-state index contributed by atoms with van der Waals surface area (Å²) in [5.74, 6) is -4.59. The second-order valence-electron chi connectivity index (χ2n) is 12.5. The summed E-state index contributed by atoms with van der Waals surface area (Å²) in [6.07, 6.45) is 8.25. The SMILES string of the molecule is CN1CCN(C2CCC(n3nc(-c4ccc(C(=NO)c5ccccc5)cc4)c4c(N)ncnc43)CC2)CC1.O=C(O)/C=C\C(=O)O.O=C(O)/C=C\C(=O)O. The van der Waals surface area contributed by atoms with Gasteiger partial charge in [-0.25, -0.2) is 33.8 Å². The van der Waals surface area contributed by atoms with Gasteiger partial charge in [0.25, 0.3) is 0 Å². The van der Waals surface area contributed by atoms with E-state index in [4.69, 9.17) is 31.3 Å². The molecule has 0 atom stereocenters. The van der Waals surface area contributed by atoms with Crippen LogP contribution in [0.1, 0.15) is 42.9 Å². The number of carboxylic acid groups (broad SMARTS) is 4. The van der Waals surface area contributed by atoms with Crippen molar-refractivity contribution in [1.29, 1.82) is 0 Å². The molecule has 0 spiro atoms. The number of aliphatic carboxylic acids is 4. The predicted octanol–water partition coefficient (Wildman–Crippen LogP) is 3.46. The van der Waals surface area contributed by atoms with Crippen molar-refractivity contribution in [1.82, 2.24) is 29.5 Å². The molecule has 1 saturated heterocycles. The van der Waals surface area contributed by atoms with Crippen LogP contribution in [0, 0.1) is 0 Å². The van der Waals surface area contributed by atoms with Gasteiger partial charge in [0.05, 0.1) is 11.4 Å². The van der Waals surface area contributed by atoms with Gasteiger partial charge < -0.3 is 36.3 Å². The number of nitrogens with two attached hydrogens (primary N) is 1. The highest BCUT2D eigenvalue weighted by atomic mass is 16.4. The van der Waals surface area contributed by atoms with Gasteiger partial charge in [0, 0.05) is 73.2 Å². The summed E-state index contributed by atoms with van der Waals surface area (Å²) in [4.78, 5) is 52.2. The van der Waals surface area contributed by atoms with Crippen LogP contribution < -0.4 is 5.73 Å². The molecule has 2 aromatic carbocycles. The molecule has 17 heteroatoms. The summed E-state index contributed by atoms with van der Waals surface area (Å²) < 4.78 is 2.08. The Morgan fingerprint density at radius 1 is 0.722 bits per heavy atom. The zero-order valence-corrected chi connectivity index (χ0v) is 29.5. The highest BCUT2D eigenvalue weighted by Crippen LogP contribution is 2.37. The summed E-state index contributed by atoms with van der Waals surface area (Å²) in [7, 11) is 2.21. The van der Waals surface area contributed by atoms with Gasteiger partial charge in [-0.15, -0.1) is 0 Å². The van der Waals surface area contributed by atoms with E-state index in [2.05, 4.69) is 36.7 Å². The first-order valence-corrected chi connectivity index (χ1v) is 16.9. The van der Waals surface area contributed by atoms with Gasteiger partial charge in [0.15, 0.2) is 5.65 Å². The third kappa shape index (κ3) is 11.3. The maximum absolute atomic E-state index is 9.69. The number of oxime groups is 1. The summed E-state index contributed by atoms with van der Waals surface area (Å²) in [6, 6.07) is 18.5. The summed E-state index contributed by atoms with van der Waals surface area (Å²) in [5, 5.41) is 50.4. The van der Waals surface area contributed by atoms with Gasteiger partial charge in [-0.1, -0.05) is 59.8 Å². The fourth-order valence-corrected chi connectivity index (χ4v) is 6.26. The first-order valence-electron chi connectivity index (χ1n) is 16.9. The first-order chi connectivity index (χ1) is 25.9. The summed E-state index contributed by atoms with van der Waals surface area (Å²) in [5.41, 5.74) is 11.1. The minimum atomic E-state index is -1.26. The molecule has 3 heterocycles. The lowest BCUT2D eigenvalue weighted by molar-refractivity contribution is -0.134. The van der Waals surface area contributed by atoms with Crippen LogP contribution in [-0.4, -0.2) is 124 Å². The van der Waals surface area contributed by atoms with Gasteiger partial charge in [-0.05, 0) is 32.7 Å². The number of anilines is 1. The Bertz CT molecular complexity index is 1930. The van der Waals surface area contributed by atoms with Crippen molar-refractivity contribution in [2.45, 2.75) is 37.8 Å². The van der Waals surface area contributed by atoms with Crippen LogP contribution in [0.2, 0.25) is 0 Å². The Kier molecular flexibility index (Phi) is 14.5. The van der Waals surface area contributed by atoms with E-state index in [9.17, 15) is 24.4 Å². The van der Waals surface area contributed by atoms with Crippen molar-refractivity contribution in [3.63, 3.8) is 0 Å². The molecule has 2 aliphatic rings. The van der Waals surface area contributed by atoms with E-state index in [-0.39, 0.29) is 6.04 Å². The topological polar surface area (TPSA) is 258 Å². The number of nitrogens with zero attached hydrogens (tertiary/aromatic N) is 7. The molecule has 7 N–H and O–H groups in total. The molecule has 0 bridgehead atoms. The van der Waals surface area contributed by atoms with Crippen LogP contribution in [-0.2, 0) is 19.2 Å². The van der Waals surface area contributed by atoms with E-state index >= 15 is 0 Å². The van der Waals surface area contributed by atoms with Crippen LogP contribution in [0.25, 0.3) is 22.3 Å². The number of aromatic nitrogens is 4. The second-order valence-corrected chi connectivity index (χ2v) is 12.5. The number of carbonyl (C=O) groups is 4. The largest absolute Gasteiger partial charge is 0.478 e. The lowest BCUT2D eigenvalue weighted by Gasteiger charge is -2.41. The molecule has 6 rings (SSSR count). The number of rotatable bonds is 9. The third-order valence-electron chi connectivity index (χ3n) is 8.90. The Labute approximate surface area is 310 Å². The second kappa shape index (κ2) is 19.4. The van der Waals surface area contributed by atoms with Crippen LogP contribution >= 0.6 is 0 Å². The first kappa shape index (κ1) is 40.3. The molecular weight excluding hydrogens is 700 g/mol. The number of hydrogen-bond donors (Lipinski definition) is 6. The van der Waals surface area contributed by atoms with Gasteiger partial charge in [0.1, 0.15) is 23.6 Å². The molecule has 0 radical (unpaired) electrons. The molecule has 1 aliphatic carbocycles. The predicted molar refractivity (Wildman–Crippen MR) is 198 cm³/mol. The van der Waals surface area contributed by atoms with E-state index in [0.29, 0.717) is 41.9 Å². The van der Waals surface area contributed by atoms with Gasteiger partial charge >= 0.3 is 23.9 Å². The molecule has 0 unspecified atom stereocenters. The van der Waals surface area contributed by atoms with Gasteiger partial charge in [-0.2, -0.15) is 5.10 Å². The molecule has 1 aliphatic heterocycles. The van der Waals surface area contributed by atoms with Crippen molar-refractivity contribution >= 4 is 46.4 Å². The number of nitrogen functional groups attached to an aromatic ring is 1. The number of likely N-dealkylation sites (N-methyl/N-ethyl adjacent to an activating group) is 1. The lowest BCUT2D eigenvalue weighted by Crippen LogP contribution is -2.49. The van der Waals surface area contributed by atoms with Crippen molar-refractivity contribution in [3.05, 3.63) is 96.4 Å². The highest BCUT2D eigenvalue weighted by molar-refractivity contribution is 6.12. The van der Waals surface area contributed by atoms with Crippen LogP contribution in [0.5, 0.6) is 0 Å².